The van der Waals surface area contributed by atoms with Crippen LogP contribution in [0.3, 0.4) is 0 Å². The minimum atomic E-state index is -1.12. The van der Waals surface area contributed by atoms with Gasteiger partial charge in [-0.05, 0) is 61.8 Å². The number of piperidine rings is 1. The third kappa shape index (κ3) is 2.71. The van der Waals surface area contributed by atoms with E-state index in [1.54, 1.807) is 4.90 Å². The van der Waals surface area contributed by atoms with Gasteiger partial charge < -0.3 is 10.0 Å². The highest BCUT2D eigenvalue weighted by Gasteiger charge is 2.39. The number of hydrogen-bond acceptors (Lipinski definition) is 4. The molecule has 1 aliphatic carbocycles. The highest BCUT2D eigenvalue weighted by atomic mass is 16.3. The maximum atomic E-state index is 12.9. The number of carbonyl (C=O) groups excluding carboxylic acids is 1. The van der Waals surface area contributed by atoms with E-state index in [0.717, 1.165) is 24.8 Å². The molecule has 1 saturated heterocycles. The van der Waals surface area contributed by atoms with Gasteiger partial charge in [-0.15, -0.1) is 0 Å². The third-order valence-electron chi connectivity index (χ3n) is 5.25. The molecular formula is C18H22N4O2. The van der Waals surface area contributed by atoms with Crippen LogP contribution < -0.4 is 0 Å². The highest BCUT2D eigenvalue weighted by molar-refractivity contribution is 5.94. The van der Waals surface area contributed by atoms with Crippen molar-refractivity contribution in [1.29, 1.82) is 0 Å². The topological polar surface area (TPSA) is 82.1 Å². The molecule has 1 atom stereocenters. The Bertz CT molecular complexity index is 743. The summed E-state index contributed by atoms with van der Waals surface area (Å²) >= 11 is 0. The molecule has 24 heavy (non-hydrogen) atoms. The molecule has 6 heteroatoms. The van der Waals surface area contributed by atoms with Gasteiger partial charge in [0.25, 0.3) is 5.91 Å². The van der Waals surface area contributed by atoms with E-state index in [1.807, 2.05) is 12.1 Å². The van der Waals surface area contributed by atoms with Crippen LogP contribution >= 0.6 is 0 Å². The van der Waals surface area contributed by atoms with Crippen molar-refractivity contribution in [2.75, 3.05) is 13.1 Å². The van der Waals surface area contributed by atoms with E-state index in [0.29, 0.717) is 18.7 Å². The number of nitrogens with zero attached hydrogens (tertiary/aromatic N) is 3. The number of benzene rings is 1. The summed E-state index contributed by atoms with van der Waals surface area (Å²) < 4.78 is 0. The van der Waals surface area contributed by atoms with Crippen molar-refractivity contribution in [1.82, 2.24) is 20.3 Å². The van der Waals surface area contributed by atoms with E-state index in [9.17, 15) is 9.90 Å². The number of aromatic amines is 1. The monoisotopic (exact) mass is 326 g/mol. The molecule has 2 aliphatic rings. The fourth-order valence-electron chi connectivity index (χ4n) is 3.89. The van der Waals surface area contributed by atoms with Crippen LogP contribution in [0.25, 0.3) is 0 Å². The first-order valence-corrected chi connectivity index (χ1v) is 8.65. The van der Waals surface area contributed by atoms with Crippen molar-refractivity contribution in [3.63, 3.8) is 0 Å². The summed E-state index contributed by atoms with van der Waals surface area (Å²) in [5.41, 5.74) is 2.78. The van der Waals surface area contributed by atoms with Crippen LogP contribution in [0.1, 0.15) is 52.9 Å². The average molecular weight is 326 g/mol. The molecule has 0 unspecified atom stereocenters. The molecule has 0 bridgehead atoms. The number of rotatable bonds is 2. The summed E-state index contributed by atoms with van der Waals surface area (Å²) in [5, 5.41) is 21.2. The second kappa shape index (κ2) is 6.02. The predicted molar refractivity (Wildman–Crippen MR) is 88.5 cm³/mol. The molecule has 6 nitrogen and oxygen atoms in total. The van der Waals surface area contributed by atoms with Crippen molar-refractivity contribution >= 4 is 5.91 Å². The number of nitrogens with one attached hydrogen (secondary N) is 1. The molecule has 2 heterocycles. The first-order valence-electron chi connectivity index (χ1n) is 8.65. The Kier molecular flexibility index (Phi) is 3.84. The lowest BCUT2D eigenvalue weighted by molar-refractivity contribution is -0.0320. The van der Waals surface area contributed by atoms with E-state index in [1.165, 1.54) is 30.2 Å². The van der Waals surface area contributed by atoms with E-state index < -0.39 is 5.60 Å². The van der Waals surface area contributed by atoms with Gasteiger partial charge in [0.15, 0.2) is 0 Å². The van der Waals surface area contributed by atoms with Crippen molar-refractivity contribution in [3.8, 4) is 0 Å². The Balaban J connectivity index is 1.56. The largest absolute Gasteiger partial charge is 0.382 e. The second-order valence-corrected chi connectivity index (χ2v) is 6.91. The molecule has 126 valence electrons. The SMILES string of the molecule is O=C(c1ccc2c(c1)CCCC2)N1CCC[C@](O)(c2cn[nH]n2)C1. The van der Waals surface area contributed by atoms with Crippen molar-refractivity contribution in [2.45, 2.75) is 44.1 Å². The molecule has 4 rings (SSSR count). The van der Waals surface area contributed by atoms with E-state index in [-0.39, 0.29) is 12.5 Å². The lowest BCUT2D eigenvalue weighted by Crippen LogP contribution is -2.48. The number of aromatic nitrogens is 3. The number of aliphatic hydroxyl groups is 1. The van der Waals surface area contributed by atoms with E-state index >= 15 is 0 Å². The lowest BCUT2D eigenvalue weighted by Gasteiger charge is -2.38. The highest BCUT2D eigenvalue weighted by Crippen LogP contribution is 2.31. The second-order valence-electron chi connectivity index (χ2n) is 6.91. The molecule has 1 aromatic heterocycles. The molecule has 0 spiro atoms. The quantitative estimate of drug-likeness (QED) is 0.882. The van der Waals surface area contributed by atoms with Gasteiger partial charge in [0.05, 0.1) is 12.7 Å². The summed E-state index contributed by atoms with van der Waals surface area (Å²) in [6, 6.07) is 6.06. The Morgan fingerprint density at radius 2 is 2.04 bits per heavy atom. The van der Waals surface area contributed by atoms with Gasteiger partial charge in [0.1, 0.15) is 11.3 Å². The molecule has 1 fully saturated rings. The number of β-amino-alcohol motifs (C(OH)–C–C–N with tert-alkyl or cyclic N) is 1. The Labute approximate surface area is 140 Å². The van der Waals surface area contributed by atoms with Crippen LogP contribution in [0.5, 0.6) is 0 Å². The van der Waals surface area contributed by atoms with Crippen LogP contribution in [-0.4, -0.2) is 44.4 Å². The van der Waals surface area contributed by atoms with E-state index in [2.05, 4.69) is 21.5 Å². The molecule has 1 aromatic carbocycles. The van der Waals surface area contributed by atoms with Crippen LogP contribution in [0, 0.1) is 0 Å². The van der Waals surface area contributed by atoms with Crippen LogP contribution in [0.4, 0.5) is 0 Å². The minimum absolute atomic E-state index is 0.00927. The first kappa shape index (κ1) is 15.3. The summed E-state index contributed by atoms with van der Waals surface area (Å²) in [5.74, 6) is -0.00927. The summed E-state index contributed by atoms with van der Waals surface area (Å²) in [6.45, 7) is 0.922. The predicted octanol–water partition coefficient (Wildman–Crippen LogP) is 1.81. The van der Waals surface area contributed by atoms with Gasteiger partial charge in [-0.25, -0.2) is 0 Å². The number of amides is 1. The van der Waals surface area contributed by atoms with Gasteiger partial charge in [-0.3, -0.25) is 4.79 Å². The van der Waals surface area contributed by atoms with Crippen LogP contribution in [-0.2, 0) is 18.4 Å². The zero-order valence-corrected chi connectivity index (χ0v) is 13.7. The van der Waals surface area contributed by atoms with Gasteiger partial charge in [-0.1, -0.05) is 6.07 Å². The van der Waals surface area contributed by atoms with Crippen molar-refractivity contribution in [3.05, 3.63) is 46.8 Å². The summed E-state index contributed by atoms with van der Waals surface area (Å²) in [7, 11) is 0. The lowest BCUT2D eigenvalue weighted by atomic mass is 9.88. The normalized spacial score (nSPS) is 23.8. The van der Waals surface area contributed by atoms with Gasteiger partial charge in [0, 0.05) is 12.1 Å². The molecular weight excluding hydrogens is 304 g/mol. The van der Waals surface area contributed by atoms with E-state index in [4.69, 9.17) is 0 Å². The molecule has 1 amide bonds. The molecule has 0 saturated carbocycles. The maximum Gasteiger partial charge on any atom is 0.253 e. The number of carbonyl (C=O) groups is 1. The molecule has 1 aliphatic heterocycles. The molecule has 2 N–H and O–H groups in total. The van der Waals surface area contributed by atoms with Gasteiger partial charge in [0.2, 0.25) is 0 Å². The Morgan fingerprint density at radius 3 is 2.83 bits per heavy atom. The number of fused-ring (bicyclic) bond motifs is 1. The fourth-order valence-corrected chi connectivity index (χ4v) is 3.89. The Morgan fingerprint density at radius 1 is 1.21 bits per heavy atom. The number of hydrogen-bond donors (Lipinski definition) is 2. The zero-order chi connectivity index (χ0) is 16.6. The third-order valence-corrected chi connectivity index (χ3v) is 5.25. The number of likely N-dealkylation sites (tertiary alicyclic amines) is 1. The molecule has 0 radical (unpaired) electrons. The number of aryl methyl sites for hydroxylation is 2. The fraction of sp³-hybridized carbons (Fsp3) is 0.500. The van der Waals surface area contributed by atoms with Crippen LogP contribution in [0.15, 0.2) is 24.4 Å². The Hall–Kier alpha value is -2.21. The molecule has 2 aromatic rings. The van der Waals surface area contributed by atoms with Crippen molar-refractivity contribution in [2.24, 2.45) is 0 Å². The van der Waals surface area contributed by atoms with Crippen molar-refractivity contribution < 1.29 is 9.90 Å². The maximum absolute atomic E-state index is 12.9. The number of H-pyrrole nitrogens is 1. The first-order chi connectivity index (χ1) is 11.7. The average Bonchev–Trinajstić information content (AvgIpc) is 3.16. The van der Waals surface area contributed by atoms with Crippen LogP contribution in [0.2, 0.25) is 0 Å². The minimum Gasteiger partial charge on any atom is -0.382 e. The summed E-state index contributed by atoms with van der Waals surface area (Å²) in [6.07, 6.45) is 7.47. The zero-order valence-electron chi connectivity index (χ0n) is 13.7. The summed E-state index contributed by atoms with van der Waals surface area (Å²) in [4.78, 5) is 14.7. The smallest absolute Gasteiger partial charge is 0.253 e. The van der Waals surface area contributed by atoms with Gasteiger partial charge in [-0.2, -0.15) is 15.4 Å². The van der Waals surface area contributed by atoms with Gasteiger partial charge >= 0.3 is 0 Å². The standard InChI is InChI=1S/C18H22N4O2/c23-17(15-7-6-13-4-1-2-5-14(13)10-15)22-9-3-8-18(24,12-22)16-11-19-21-20-16/h6-7,10-11,24H,1-5,8-9,12H2,(H,19,20,21)/t18-/m1/s1.